The van der Waals surface area contributed by atoms with Crippen molar-refractivity contribution in [3.8, 4) is 11.3 Å². The molecule has 2 atom stereocenters. The smallest absolute Gasteiger partial charge is 0.410 e. The van der Waals surface area contributed by atoms with E-state index < -0.39 is 5.60 Å². The minimum Gasteiger partial charge on any atom is -0.444 e. The van der Waals surface area contributed by atoms with Crippen LogP contribution in [0.2, 0.25) is 0 Å². The molecule has 2 unspecified atom stereocenters. The molecule has 3 fully saturated rings. The standard InChI is InChI=1S/C26H32N4O2/c1-18-8-10-19(11-9-18)24-22(29-14-6-5-7-23(29)27-24)17-28-15-21-13-12-20(28)16-30(21)25(31)32-26(2,3)4/h5-11,14,20-21H,12-13,15-17H2,1-4H3. The summed E-state index contributed by atoms with van der Waals surface area (Å²) in [7, 11) is 0. The minimum atomic E-state index is -0.465. The van der Waals surface area contributed by atoms with Crippen molar-refractivity contribution in [2.45, 2.75) is 64.8 Å². The van der Waals surface area contributed by atoms with Gasteiger partial charge in [0.2, 0.25) is 0 Å². The fourth-order valence-electron chi connectivity index (χ4n) is 4.99. The van der Waals surface area contributed by atoms with E-state index in [0.717, 1.165) is 49.4 Å². The maximum Gasteiger partial charge on any atom is 0.410 e. The number of carbonyl (C=O) groups excluding carboxylic acids is 1. The van der Waals surface area contributed by atoms with E-state index in [2.05, 4.69) is 58.8 Å². The topological polar surface area (TPSA) is 50.1 Å². The van der Waals surface area contributed by atoms with Gasteiger partial charge in [-0.1, -0.05) is 35.9 Å². The Kier molecular flexibility index (Phi) is 5.20. The predicted octanol–water partition coefficient (Wildman–Crippen LogP) is 4.89. The number of aromatic nitrogens is 2. The number of imidazole rings is 1. The molecular formula is C26H32N4O2. The Hall–Kier alpha value is -2.86. The largest absolute Gasteiger partial charge is 0.444 e. The second-order valence-corrected chi connectivity index (χ2v) is 10.1. The lowest BCUT2D eigenvalue weighted by Gasteiger charge is -2.51. The number of nitrogens with zero attached hydrogens (tertiary/aromatic N) is 4. The maximum absolute atomic E-state index is 12.7. The summed E-state index contributed by atoms with van der Waals surface area (Å²) in [5.74, 6) is 0. The molecule has 3 aromatic rings. The van der Waals surface area contributed by atoms with Crippen LogP contribution in [0.25, 0.3) is 16.9 Å². The van der Waals surface area contributed by atoms with E-state index in [9.17, 15) is 4.79 Å². The second kappa shape index (κ2) is 7.93. The van der Waals surface area contributed by atoms with Gasteiger partial charge < -0.3 is 14.0 Å². The Labute approximate surface area is 189 Å². The van der Waals surface area contributed by atoms with Gasteiger partial charge in [0.05, 0.1) is 11.4 Å². The Balaban J connectivity index is 1.42. The molecule has 3 aliphatic rings. The number of fused-ring (bicyclic) bond motifs is 4. The molecule has 5 heterocycles. The van der Waals surface area contributed by atoms with Crippen molar-refractivity contribution in [3.05, 3.63) is 59.9 Å². The van der Waals surface area contributed by atoms with E-state index in [0.29, 0.717) is 6.04 Å². The van der Waals surface area contributed by atoms with Gasteiger partial charge in [-0.05, 0) is 52.7 Å². The number of amides is 1. The molecule has 0 spiro atoms. The summed E-state index contributed by atoms with van der Waals surface area (Å²) in [6.45, 7) is 10.3. The van der Waals surface area contributed by atoms with Crippen molar-refractivity contribution in [2.75, 3.05) is 13.1 Å². The third kappa shape index (κ3) is 3.99. The third-order valence-corrected chi connectivity index (χ3v) is 6.58. The summed E-state index contributed by atoms with van der Waals surface area (Å²) in [6.07, 6.45) is 4.07. The lowest BCUT2D eigenvalue weighted by Crippen LogP contribution is -2.64. The highest BCUT2D eigenvalue weighted by Gasteiger charge is 2.42. The molecule has 6 nitrogen and oxygen atoms in total. The Morgan fingerprint density at radius 1 is 1.06 bits per heavy atom. The van der Waals surface area contributed by atoms with Crippen molar-refractivity contribution in [2.24, 2.45) is 0 Å². The van der Waals surface area contributed by atoms with Gasteiger partial charge in [-0.3, -0.25) is 4.90 Å². The summed E-state index contributed by atoms with van der Waals surface area (Å²) in [5, 5.41) is 0. The van der Waals surface area contributed by atoms with E-state index in [1.54, 1.807) is 0 Å². The van der Waals surface area contributed by atoms with Crippen LogP contribution in [-0.2, 0) is 11.3 Å². The molecule has 0 aliphatic carbocycles. The van der Waals surface area contributed by atoms with E-state index in [1.807, 2.05) is 31.7 Å². The van der Waals surface area contributed by atoms with Gasteiger partial charge in [0.1, 0.15) is 11.2 Å². The first-order chi connectivity index (χ1) is 15.3. The molecule has 0 radical (unpaired) electrons. The fourth-order valence-corrected chi connectivity index (χ4v) is 4.99. The molecule has 168 valence electrons. The van der Waals surface area contributed by atoms with Gasteiger partial charge in [-0.2, -0.15) is 0 Å². The molecule has 2 aromatic heterocycles. The van der Waals surface area contributed by atoms with E-state index in [4.69, 9.17) is 9.72 Å². The van der Waals surface area contributed by atoms with Crippen molar-refractivity contribution in [1.29, 1.82) is 0 Å². The predicted molar refractivity (Wildman–Crippen MR) is 126 cm³/mol. The van der Waals surface area contributed by atoms with E-state index in [-0.39, 0.29) is 12.1 Å². The summed E-state index contributed by atoms with van der Waals surface area (Å²) >= 11 is 0. The average Bonchev–Trinajstić information content (AvgIpc) is 3.12. The molecule has 0 N–H and O–H groups in total. The number of benzene rings is 1. The monoisotopic (exact) mass is 432 g/mol. The van der Waals surface area contributed by atoms with Gasteiger partial charge in [0.25, 0.3) is 0 Å². The number of hydrogen-bond acceptors (Lipinski definition) is 4. The van der Waals surface area contributed by atoms with Crippen LogP contribution >= 0.6 is 0 Å². The zero-order chi connectivity index (χ0) is 22.5. The summed E-state index contributed by atoms with van der Waals surface area (Å²) in [4.78, 5) is 22.2. The number of pyridine rings is 1. The Morgan fingerprint density at radius 3 is 2.50 bits per heavy atom. The van der Waals surface area contributed by atoms with Crippen LogP contribution in [-0.4, -0.2) is 56.1 Å². The SMILES string of the molecule is Cc1ccc(-c2nc3ccccn3c2CN2CC3CCC2CN3C(=O)OC(C)(C)C)cc1. The van der Waals surface area contributed by atoms with Crippen LogP contribution in [0.5, 0.6) is 0 Å². The first kappa shape index (κ1) is 21.0. The van der Waals surface area contributed by atoms with Crippen molar-refractivity contribution >= 4 is 11.7 Å². The molecule has 1 aromatic carbocycles. The number of rotatable bonds is 3. The van der Waals surface area contributed by atoms with Gasteiger partial charge in [0.15, 0.2) is 0 Å². The van der Waals surface area contributed by atoms with Crippen LogP contribution < -0.4 is 0 Å². The number of ether oxygens (including phenoxy) is 1. The lowest BCUT2D eigenvalue weighted by atomic mass is 9.91. The maximum atomic E-state index is 12.7. The summed E-state index contributed by atoms with van der Waals surface area (Å²) in [6, 6.07) is 15.3. The summed E-state index contributed by atoms with van der Waals surface area (Å²) in [5.41, 5.74) is 5.15. The van der Waals surface area contributed by atoms with E-state index >= 15 is 0 Å². The lowest BCUT2D eigenvalue weighted by molar-refractivity contribution is -0.0439. The van der Waals surface area contributed by atoms with Crippen molar-refractivity contribution in [1.82, 2.24) is 19.2 Å². The van der Waals surface area contributed by atoms with Crippen LogP contribution in [0.4, 0.5) is 4.79 Å². The molecule has 1 amide bonds. The molecule has 3 aliphatic heterocycles. The number of hydrogen-bond donors (Lipinski definition) is 0. The Bertz CT molecular complexity index is 1130. The molecular weight excluding hydrogens is 400 g/mol. The van der Waals surface area contributed by atoms with Crippen LogP contribution in [0.15, 0.2) is 48.7 Å². The van der Waals surface area contributed by atoms with Crippen molar-refractivity contribution < 1.29 is 9.53 Å². The highest BCUT2D eigenvalue weighted by Crippen LogP contribution is 2.33. The molecule has 3 saturated heterocycles. The number of aryl methyl sites for hydroxylation is 1. The molecule has 2 bridgehead atoms. The quantitative estimate of drug-likeness (QED) is 0.591. The second-order valence-electron chi connectivity index (χ2n) is 10.1. The van der Waals surface area contributed by atoms with E-state index in [1.165, 1.54) is 11.3 Å². The number of carbonyl (C=O) groups is 1. The number of piperazine rings is 1. The first-order valence-electron chi connectivity index (χ1n) is 11.6. The zero-order valence-electron chi connectivity index (χ0n) is 19.4. The zero-order valence-corrected chi connectivity index (χ0v) is 19.4. The molecule has 0 saturated carbocycles. The highest BCUT2D eigenvalue weighted by molar-refractivity contribution is 5.69. The molecule has 6 rings (SSSR count). The highest BCUT2D eigenvalue weighted by atomic mass is 16.6. The normalized spacial score (nSPS) is 21.3. The van der Waals surface area contributed by atoms with Gasteiger partial charge in [-0.15, -0.1) is 0 Å². The Morgan fingerprint density at radius 2 is 1.81 bits per heavy atom. The van der Waals surface area contributed by atoms with Crippen LogP contribution in [0.1, 0.15) is 44.9 Å². The minimum absolute atomic E-state index is 0.179. The molecule has 6 heteroatoms. The number of piperidine rings is 2. The van der Waals surface area contributed by atoms with Gasteiger partial charge in [0, 0.05) is 43.5 Å². The average molecular weight is 433 g/mol. The van der Waals surface area contributed by atoms with Gasteiger partial charge in [-0.25, -0.2) is 9.78 Å². The molecule has 32 heavy (non-hydrogen) atoms. The van der Waals surface area contributed by atoms with Gasteiger partial charge >= 0.3 is 6.09 Å². The fraction of sp³-hybridized carbons (Fsp3) is 0.462. The summed E-state index contributed by atoms with van der Waals surface area (Å²) < 4.78 is 7.88. The third-order valence-electron chi connectivity index (χ3n) is 6.58. The first-order valence-corrected chi connectivity index (χ1v) is 11.6. The van der Waals surface area contributed by atoms with Crippen LogP contribution in [0, 0.1) is 6.92 Å². The van der Waals surface area contributed by atoms with Crippen LogP contribution in [0.3, 0.4) is 0 Å². The van der Waals surface area contributed by atoms with Crippen molar-refractivity contribution in [3.63, 3.8) is 0 Å².